The monoisotopic (exact) mass is 676 g/mol. The number of rotatable bonds is 10. The van der Waals surface area contributed by atoms with Crippen molar-refractivity contribution in [2.24, 2.45) is 4.99 Å². The van der Waals surface area contributed by atoms with Crippen LogP contribution in [0.2, 0.25) is 0 Å². The number of hydrogen-bond donors (Lipinski definition) is 0. The second-order valence-electron chi connectivity index (χ2n) is 10.3. The third-order valence-electron chi connectivity index (χ3n) is 6.88. The molecule has 0 N–H and O–H groups in total. The van der Waals surface area contributed by atoms with Gasteiger partial charge in [-0.1, -0.05) is 63.7 Å². The second kappa shape index (κ2) is 13.7. The van der Waals surface area contributed by atoms with Crippen LogP contribution in [-0.2, 0) is 16.1 Å². The molecule has 1 aliphatic heterocycles. The van der Waals surface area contributed by atoms with Crippen LogP contribution in [0.4, 0.5) is 0 Å². The minimum Gasteiger partial charge on any atom is -0.493 e. The van der Waals surface area contributed by atoms with Gasteiger partial charge in [-0.15, -0.1) is 0 Å². The van der Waals surface area contributed by atoms with Gasteiger partial charge in [-0.2, -0.15) is 0 Å². The molecule has 1 aromatic heterocycles. The number of allylic oxidation sites excluding steroid dienone is 1. The molecule has 0 bridgehead atoms. The molecule has 0 unspecified atom stereocenters. The molecule has 228 valence electrons. The van der Waals surface area contributed by atoms with Crippen LogP contribution in [0, 0.1) is 0 Å². The molecule has 8 nitrogen and oxygen atoms in total. The van der Waals surface area contributed by atoms with Crippen molar-refractivity contribution in [2.45, 2.75) is 46.4 Å². The first-order valence-corrected chi connectivity index (χ1v) is 15.8. The number of ether oxygens (including phenoxy) is 4. The normalized spacial score (nSPS) is 14.7. The lowest BCUT2D eigenvalue weighted by atomic mass is 9.95. The summed E-state index contributed by atoms with van der Waals surface area (Å²) in [5.41, 5.74) is 2.91. The highest BCUT2D eigenvalue weighted by atomic mass is 79.9. The molecule has 1 atom stereocenters. The Kier molecular flexibility index (Phi) is 9.71. The number of nitrogens with zero attached hydrogens (tertiary/aromatic N) is 2. The summed E-state index contributed by atoms with van der Waals surface area (Å²) in [6.07, 6.45) is 1.74. The smallest absolute Gasteiger partial charge is 0.338 e. The zero-order valence-corrected chi connectivity index (χ0v) is 27.5. The van der Waals surface area contributed by atoms with Gasteiger partial charge >= 0.3 is 5.97 Å². The summed E-state index contributed by atoms with van der Waals surface area (Å²) in [5, 5.41) is 0. The van der Waals surface area contributed by atoms with Gasteiger partial charge in [0, 0.05) is 10.0 Å². The van der Waals surface area contributed by atoms with E-state index < -0.39 is 12.0 Å². The van der Waals surface area contributed by atoms with Crippen LogP contribution < -0.4 is 29.1 Å². The van der Waals surface area contributed by atoms with Gasteiger partial charge < -0.3 is 18.9 Å². The van der Waals surface area contributed by atoms with Gasteiger partial charge in [-0.3, -0.25) is 9.36 Å². The summed E-state index contributed by atoms with van der Waals surface area (Å²) in [5.74, 6) is 1.16. The first-order chi connectivity index (χ1) is 21.2. The van der Waals surface area contributed by atoms with Gasteiger partial charge in [-0.25, -0.2) is 9.79 Å². The molecule has 4 aromatic rings. The number of carbonyl (C=O) groups excluding carboxylic acids is 1. The number of thiazole rings is 1. The van der Waals surface area contributed by atoms with E-state index >= 15 is 0 Å². The van der Waals surface area contributed by atoms with E-state index in [0.717, 1.165) is 15.6 Å². The van der Waals surface area contributed by atoms with E-state index in [-0.39, 0.29) is 18.3 Å². The number of halogens is 1. The maximum Gasteiger partial charge on any atom is 0.338 e. The Morgan fingerprint density at radius 1 is 1.07 bits per heavy atom. The number of carbonyl (C=O) groups is 1. The van der Waals surface area contributed by atoms with Gasteiger partial charge in [-0.05, 0) is 75.2 Å². The topological polar surface area (TPSA) is 88.4 Å². The average Bonchev–Trinajstić information content (AvgIpc) is 3.30. The lowest BCUT2D eigenvalue weighted by Gasteiger charge is -2.25. The fourth-order valence-electron chi connectivity index (χ4n) is 4.95. The molecule has 0 saturated heterocycles. The quantitative estimate of drug-likeness (QED) is 0.193. The minimum absolute atomic E-state index is 0.0655. The highest BCUT2D eigenvalue weighted by Gasteiger charge is 2.34. The van der Waals surface area contributed by atoms with Crippen molar-refractivity contribution in [3.05, 3.63) is 119 Å². The molecule has 10 heteroatoms. The van der Waals surface area contributed by atoms with Crippen LogP contribution in [0.3, 0.4) is 0 Å². The van der Waals surface area contributed by atoms with E-state index in [2.05, 4.69) is 20.9 Å². The SMILES string of the molecule is CCOC(=O)C1=C(C)N=c2s/c(=C\c3cc(Br)ccc3OCc3ccccc3)c(=O)n2[C@H]1c1ccc(OC(C)C)c(OC)c1. The van der Waals surface area contributed by atoms with Crippen molar-refractivity contribution in [1.29, 1.82) is 0 Å². The van der Waals surface area contributed by atoms with Gasteiger partial charge in [0.15, 0.2) is 16.3 Å². The van der Waals surface area contributed by atoms with Crippen molar-refractivity contribution < 1.29 is 23.7 Å². The highest BCUT2D eigenvalue weighted by molar-refractivity contribution is 9.10. The molecule has 0 spiro atoms. The second-order valence-corrected chi connectivity index (χ2v) is 12.3. The molecule has 1 aliphatic rings. The van der Waals surface area contributed by atoms with E-state index in [1.165, 1.54) is 11.3 Å². The van der Waals surface area contributed by atoms with Crippen molar-refractivity contribution in [2.75, 3.05) is 13.7 Å². The molecule has 0 amide bonds. The first-order valence-electron chi connectivity index (χ1n) is 14.2. The van der Waals surface area contributed by atoms with Crippen LogP contribution in [0.1, 0.15) is 50.4 Å². The first kappa shape index (κ1) is 31.3. The van der Waals surface area contributed by atoms with Crippen molar-refractivity contribution in [3.63, 3.8) is 0 Å². The minimum atomic E-state index is -0.786. The van der Waals surface area contributed by atoms with Gasteiger partial charge in [0.25, 0.3) is 5.56 Å². The standard InChI is InChI=1S/C34H33BrN2O6S/c1-6-41-33(39)30-21(4)36-34-37(31(30)23-12-14-27(43-20(2)3)28(17-23)40-5)32(38)29(44-34)18-24-16-25(35)13-15-26(24)42-19-22-10-8-7-9-11-22/h7-18,20,31H,6,19H2,1-5H3/b29-18-/t31-/m0/s1. The van der Waals surface area contributed by atoms with Crippen LogP contribution in [0.5, 0.6) is 17.2 Å². The number of aromatic nitrogens is 1. The van der Waals surface area contributed by atoms with E-state index in [4.69, 9.17) is 18.9 Å². The summed E-state index contributed by atoms with van der Waals surface area (Å²) >= 11 is 4.80. The number of esters is 1. The lowest BCUT2D eigenvalue weighted by molar-refractivity contribution is -0.139. The van der Waals surface area contributed by atoms with E-state index in [1.807, 2.05) is 68.4 Å². The van der Waals surface area contributed by atoms with E-state index in [9.17, 15) is 9.59 Å². The lowest BCUT2D eigenvalue weighted by Crippen LogP contribution is -2.40. The van der Waals surface area contributed by atoms with Crippen LogP contribution in [-0.4, -0.2) is 30.4 Å². The fraction of sp³-hybridized carbons (Fsp3) is 0.265. The Morgan fingerprint density at radius 2 is 1.82 bits per heavy atom. The molecule has 44 heavy (non-hydrogen) atoms. The number of fused-ring (bicyclic) bond motifs is 1. The van der Waals surface area contributed by atoms with Crippen LogP contribution >= 0.6 is 27.3 Å². The number of methoxy groups -OCH3 is 1. The molecular weight excluding hydrogens is 644 g/mol. The molecule has 5 rings (SSSR count). The van der Waals surface area contributed by atoms with Crippen molar-refractivity contribution in [3.8, 4) is 17.2 Å². The van der Waals surface area contributed by atoms with Crippen LogP contribution in [0.15, 0.2) is 92.3 Å². The highest BCUT2D eigenvalue weighted by Crippen LogP contribution is 2.36. The maximum absolute atomic E-state index is 14.2. The zero-order valence-electron chi connectivity index (χ0n) is 25.1. The summed E-state index contributed by atoms with van der Waals surface area (Å²) < 4.78 is 26.0. The number of benzene rings is 3. The van der Waals surface area contributed by atoms with E-state index in [1.54, 1.807) is 43.7 Å². The molecule has 2 heterocycles. The third-order valence-corrected chi connectivity index (χ3v) is 8.35. The summed E-state index contributed by atoms with van der Waals surface area (Å²) in [6, 6.07) is 20.2. The average molecular weight is 678 g/mol. The Bertz CT molecular complexity index is 1890. The fourth-order valence-corrected chi connectivity index (χ4v) is 6.37. The third kappa shape index (κ3) is 6.66. The van der Waals surface area contributed by atoms with Gasteiger partial charge in [0.05, 0.1) is 41.7 Å². The predicted molar refractivity (Wildman–Crippen MR) is 174 cm³/mol. The summed E-state index contributed by atoms with van der Waals surface area (Å²) in [4.78, 5) is 32.6. The molecule has 0 fully saturated rings. The largest absolute Gasteiger partial charge is 0.493 e. The molecular formula is C34H33BrN2O6S. The van der Waals surface area contributed by atoms with Gasteiger partial charge in [0.2, 0.25) is 0 Å². The van der Waals surface area contributed by atoms with Crippen molar-refractivity contribution in [1.82, 2.24) is 4.57 Å². The Balaban J connectivity index is 1.64. The number of hydrogen-bond acceptors (Lipinski definition) is 8. The maximum atomic E-state index is 14.2. The van der Waals surface area contributed by atoms with Gasteiger partial charge in [0.1, 0.15) is 12.4 Å². The zero-order chi connectivity index (χ0) is 31.4. The Morgan fingerprint density at radius 3 is 2.52 bits per heavy atom. The Labute approximate surface area is 268 Å². The van der Waals surface area contributed by atoms with Crippen LogP contribution in [0.25, 0.3) is 6.08 Å². The Hall–Kier alpha value is -4.15. The van der Waals surface area contributed by atoms with Crippen molar-refractivity contribution >= 4 is 39.3 Å². The summed E-state index contributed by atoms with van der Waals surface area (Å²) in [6.45, 7) is 7.93. The molecule has 0 aliphatic carbocycles. The summed E-state index contributed by atoms with van der Waals surface area (Å²) in [7, 11) is 1.56. The predicted octanol–water partition coefficient (Wildman–Crippen LogP) is 5.94. The molecule has 0 saturated carbocycles. The van der Waals surface area contributed by atoms with E-state index in [0.29, 0.717) is 50.0 Å². The molecule has 3 aromatic carbocycles. The molecule has 0 radical (unpaired) electrons.